The van der Waals surface area contributed by atoms with Crippen LogP contribution >= 0.6 is 0 Å². The first-order chi connectivity index (χ1) is 12.0. The van der Waals surface area contributed by atoms with Crippen LogP contribution in [-0.2, 0) is 9.53 Å². The molecule has 1 amide bonds. The highest BCUT2D eigenvalue weighted by atomic mass is 16.5. The van der Waals surface area contributed by atoms with Crippen molar-refractivity contribution in [2.24, 2.45) is 5.92 Å². The Morgan fingerprint density at radius 2 is 1.92 bits per heavy atom. The van der Waals surface area contributed by atoms with Gasteiger partial charge in [0.15, 0.2) is 0 Å². The second-order valence-electron chi connectivity index (χ2n) is 7.97. The molecular formula is C19H32N4O2. The van der Waals surface area contributed by atoms with E-state index in [0.29, 0.717) is 6.04 Å². The van der Waals surface area contributed by atoms with E-state index in [-0.39, 0.29) is 30.1 Å². The molecule has 0 N–H and O–H groups in total. The van der Waals surface area contributed by atoms with Gasteiger partial charge in [-0.1, -0.05) is 13.8 Å². The van der Waals surface area contributed by atoms with Crippen molar-refractivity contribution in [3.63, 3.8) is 0 Å². The second-order valence-corrected chi connectivity index (χ2v) is 7.97. The van der Waals surface area contributed by atoms with Gasteiger partial charge < -0.3 is 9.64 Å². The van der Waals surface area contributed by atoms with Crippen LogP contribution in [0.5, 0.6) is 0 Å². The number of piperidine rings is 1. The first-order valence-corrected chi connectivity index (χ1v) is 9.63. The summed E-state index contributed by atoms with van der Waals surface area (Å²) in [6.07, 6.45) is 6.30. The van der Waals surface area contributed by atoms with Crippen LogP contribution < -0.4 is 0 Å². The topological polar surface area (TPSA) is 50.6 Å². The van der Waals surface area contributed by atoms with Gasteiger partial charge in [-0.25, -0.2) is 0 Å². The molecule has 1 aromatic heterocycles. The van der Waals surface area contributed by atoms with Gasteiger partial charge in [-0.2, -0.15) is 5.10 Å². The van der Waals surface area contributed by atoms with E-state index in [9.17, 15) is 4.79 Å². The minimum absolute atomic E-state index is 0.0647. The summed E-state index contributed by atoms with van der Waals surface area (Å²) in [7, 11) is 0. The van der Waals surface area contributed by atoms with Crippen molar-refractivity contribution in [1.82, 2.24) is 19.6 Å². The molecule has 0 radical (unpaired) electrons. The molecule has 140 valence electrons. The van der Waals surface area contributed by atoms with Crippen LogP contribution in [0.3, 0.4) is 0 Å². The predicted molar refractivity (Wildman–Crippen MR) is 97.3 cm³/mol. The van der Waals surface area contributed by atoms with E-state index in [2.05, 4.69) is 42.6 Å². The molecule has 2 aliphatic heterocycles. The maximum Gasteiger partial charge on any atom is 0.240 e. The third-order valence-corrected chi connectivity index (χ3v) is 5.33. The summed E-state index contributed by atoms with van der Waals surface area (Å²) in [5.74, 6) is 0.559. The fourth-order valence-corrected chi connectivity index (χ4v) is 4.36. The van der Waals surface area contributed by atoms with Crippen LogP contribution in [0.25, 0.3) is 0 Å². The third kappa shape index (κ3) is 4.23. The molecule has 25 heavy (non-hydrogen) atoms. The zero-order valence-electron chi connectivity index (χ0n) is 16.0. The monoisotopic (exact) mass is 348 g/mol. The van der Waals surface area contributed by atoms with Crippen molar-refractivity contribution in [1.29, 1.82) is 0 Å². The number of hydrogen-bond donors (Lipinski definition) is 0. The molecule has 2 aliphatic rings. The molecule has 3 heterocycles. The number of aromatic nitrogens is 2. The normalized spacial score (nSPS) is 29.8. The van der Waals surface area contributed by atoms with Crippen LogP contribution in [0.15, 0.2) is 18.5 Å². The van der Waals surface area contributed by atoms with E-state index in [4.69, 9.17) is 4.74 Å². The van der Waals surface area contributed by atoms with Gasteiger partial charge >= 0.3 is 0 Å². The lowest BCUT2D eigenvalue weighted by Gasteiger charge is -2.43. The van der Waals surface area contributed by atoms with Crippen molar-refractivity contribution in [2.75, 3.05) is 26.2 Å². The minimum Gasteiger partial charge on any atom is -0.373 e. The summed E-state index contributed by atoms with van der Waals surface area (Å²) in [6, 6.07) is 2.18. The van der Waals surface area contributed by atoms with Gasteiger partial charge in [-0.3, -0.25) is 14.4 Å². The Morgan fingerprint density at radius 1 is 1.20 bits per heavy atom. The van der Waals surface area contributed by atoms with Crippen LogP contribution in [0.4, 0.5) is 0 Å². The van der Waals surface area contributed by atoms with Crippen molar-refractivity contribution in [2.45, 2.75) is 64.8 Å². The largest absolute Gasteiger partial charge is 0.373 e. The Labute approximate surface area is 151 Å². The van der Waals surface area contributed by atoms with Gasteiger partial charge in [-0.05, 0) is 38.7 Å². The van der Waals surface area contributed by atoms with E-state index < -0.39 is 0 Å². The lowest BCUT2D eigenvalue weighted by Crippen LogP contribution is -2.58. The smallest absolute Gasteiger partial charge is 0.240 e. The lowest BCUT2D eigenvalue weighted by atomic mass is 9.97. The molecule has 3 rings (SSSR count). The summed E-state index contributed by atoms with van der Waals surface area (Å²) < 4.78 is 7.86. The third-order valence-electron chi connectivity index (χ3n) is 5.33. The molecule has 6 nitrogen and oxygen atoms in total. The molecule has 2 fully saturated rings. The van der Waals surface area contributed by atoms with Gasteiger partial charge in [-0.15, -0.1) is 0 Å². The van der Waals surface area contributed by atoms with Gasteiger partial charge in [0.2, 0.25) is 5.91 Å². The van der Waals surface area contributed by atoms with Crippen LogP contribution in [0.1, 0.15) is 46.6 Å². The number of hydrogen-bond acceptors (Lipinski definition) is 4. The number of amides is 1. The molecule has 4 atom stereocenters. The average molecular weight is 348 g/mol. The predicted octanol–water partition coefficient (Wildman–Crippen LogP) is 2.18. The molecule has 1 aromatic rings. The van der Waals surface area contributed by atoms with Crippen LogP contribution in [-0.4, -0.2) is 69.9 Å². The second kappa shape index (κ2) is 7.87. The SMILES string of the molecule is CC(C)[C@@H](C(=O)N1CCC[C@H](n2cccn2)C1)N1C[C@@H](C)O[C@@H](C)C1. The molecular weight excluding hydrogens is 316 g/mol. The maximum absolute atomic E-state index is 13.4. The highest BCUT2D eigenvalue weighted by Crippen LogP contribution is 2.25. The number of morpholine rings is 1. The first kappa shape index (κ1) is 18.4. The van der Waals surface area contributed by atoms with Gasteiger partial charge in [0.05, 0.1) is 24.3 Å². The quantitative estimate of drug-likeness (QED) is 0.837. The number of carbonyl (C=O) groups is 1. The number of likely N-dealkylation sites (tertiary alicyclic amines) is 1. The zero-order chi connectivity index (χ0) is 18.0. The van der Waals surface area contributed by atoms with Crippen molar-refractivity contribution in [3.05, 3.63) is 18.5 Å². The first-order valence-electron chi connectivity index (χ1n) is 9.63. The van der Waals surface area contributed by atoms with E-state index in [0.717, 1.165) is 39.0 Å². The Morgan fingerprint density at radius 3 is 2.52 bits per heavy atom. The number of ether oxygens (including phenoxy) is 1. The van der Waals surface area contributed by atoms with Crippen molar-refractivity contribution in [3.8, 4) is 0 Å². The number of nitrogens with zero attached hydrogens (tertiary/aromatic N) is 4. The van der Waals surface area contributed by atoms with Crippen molar-refractivity contribution >= 4 is 5.91 Å². The van der Waals surface area contributed by atoms with Crippen LogP contribution in [0, 0.1) is 5.92 Å². The molecule has 0 aromatic carbocycles. The number of rotatable bonds is 4. The van der Waals surface area contributed by atoms with E-state index in [1.165, 1.54) is 0 Å². The maximum atomic E-state index is 13.4. The summed E-state index contributed by atoms with van der Waals surface area (Å²) in [4.78, 5) is 17.8. The molecule has 0 spiro atoms. The van der Waals surface area contributed by atoms with Crippen LogP contribution in [0.2, 0.25) is 0 Å². The van der Waals surface area contributed by atoms with Crippen molar-refractivity contribution < 1.29 is 9.53 Å². The zero-order valence-corrected chi connectivity index (χ0v) is 16.0. The van der Waals surface area contributed by atoms with E-state index in [1.54, 1.807) is 0 Å². The molecule has 2 saturated heterocycles. The van der Waals surface area contributed by atoms with Gasteiger partial charge in [0, 0.05) is 38.6 Å². The van der Waals surface area contributed by atoms with E-state index >= 15 is 0 Å². The van der Waals surface area contributed by atoms with Gasteiger partial charge in [0.1, 0.15) is 0 Å². The Kier molecular flexibility index (Phi) is 5.79. The molecule has 0 aliphatic carbocycles. The fraction of sp³-hybridized carbons (Fsp3) is 0.789. The summed E-state index contributed by atoms with van der Waals surface area (Å²) in [6.45, 7) is 11.8. The minimum atomic E-state index is -0.0647. The Balaban J connectivity index is 1.71. The Bertz CT molecular complexity index is 550. The molecule has 0 bridgehead atoms. The molecule has 0 unspecified atom stereocenters. The Hall–Kier alpha value is -1.40. The summed E-state index contributed by atoms with van der Waals surface area (Å²) in [5, 5.41) is 4.38. The summed E-state index contributed by atoms with van der Waals surface area (Å²) in [5.41, 5.74) is 0. The highest BCUT2D eigenvalue weighted by molar-refractivity contribution is 5.82. The average Bonchev–Trinajstić information content (AvgIpc) is 3.08. The summed E-state index contributed by atoms with van der Waals surface area (Å²) >= 11 is 0. The molecule has 0 saturated carbocycles. The lowest BCUT2D eigenvalue weighted by molar-refractivity contribution is -0.147. The highest BCUT2D eigenvalue weighted by Gasteiger charge is 2.37. The number of carbonyl (C=O) groups excluding carboxylic acids is 1. The molecule has 6 heteroatoms. The van der Waals surface area contributed by atoms with E-state index in [1.807, 2.05) is 23.1 Å². The fourth-order valence-electron chi connectivity index (χ4n) is 4.36. The standard InChI is InChI=1S/C19H32N4O2/c1-14(2)18(22-11-15(3)25-16(4)12-22)19(24)21-9-5-7-17(13-21)23-10-6-8-20-23/h6,8,10,14-18H,5,7,9,11-13H2,1-4H3/t15-,16+,17-,18-/m0/s1. The van der Waals surface area contributed by atoms with Gasteiger partial charge in [0.25, 0.3) is 0 Å².